The Morgan fingerprint density at radius 1 is 1.32 bits per heavy atom. The third-order valence-electron chi connectivity index (χ3n) is 4.53. The second-order valence-corrected chi connectivity index (χ2v) is 8.24. The van der Waals surface area contributed by atoms with Crippen molar-refractivity contribution in [3.63, 3.8) is 0 Å². The van der Waals surface area contributed by atoms with Crippen molar-refractivity contribution >= 4 is 15.8 Å². The summed E-state index contributed by atoms with van der Waals surface area (Å²) in [6.07, 6.45) is 4.82. The molecule has 0 atom stereocenters. The number of nitrogens with zero attached hydrogens (tertiary/aromatic N) is 4. The fourth-order valence-electron chi connectivity index (χ4n) is 2.99. The van der Waals surface area contributed by atoms with Crippen LogP contribution in [-0.4, -0.2) is 49.1 Å². The molecular weight excluding hydrogens is 300 g/mol. The molecule has 1 aromatic heterocycles. The van der Waals surface area contributed by atoms with Gasteiger partial charge in [0.25, 0.3) is 0 Å². The number of hydrogen-bond acceptors (Lipinski definition) is 5. The molecule has 0 amide bonds. The molecule has 7 heteroatoms. The average Bonchev–Trinajstić information content (AvgIpc) is 3.39. The van der Waals surface area contributed by atoms with E-state index in [1.807, 2.05) is 0 Å². The van der Waals surface area contributed by atoms with Crippen LogP contribution >= 0.6 is 0 Å². The zero-order valence-corrected chi connectivity index (χ0v) is 13.5. The highest BCUT2D eigenvalue weighted by Crippen LogP contribution is 2.33. The van der Waals surface area contributed by atoms with Crippen molar-refractivity contribution in [2.75, 3.05) is 25.0 Å². The van der Waals surface area contributed by atoms with Crippen molar-refractivity contribution < 1.29 is 8.42 Å². The second-order valence-electron chi connectivity index (χ2n) is 5.97. The van der Waals surface area contributed by atoms with Gasteiger partial charge in [0, 0.05) is 32.4 Å². The predicted molar refractivity (Wildman–Crippen MR) is 83.9 cm³/mol. The Morgan fingerprint density at radius 2 is 2.00 bits per heavy atom. The molecule has 6 nitrogen and oxygen atoms in total. The number of rotatable bonds is 4. The summed E-state index contributed by atoms with van der Waals surface area (Å²) < 4.78 is 26.2. The third kappa shape index (κ3) is 2.81. The van der Waals surface area contributed by atoms with Gasteiger partial charge in [0.05, 0.1) is 10.8 Å². The van der Waals surface area contributed by atoms with E-state index in [-0.39, 0.29) is 11.3 Å². The van der Waals surface area contributed by atoms with Crippen molar-refractivity contribution in [1.29, 1.82) is 5.26 Å². The maximum absolute atomic E-state index is 12.3. The monoisotopic (exact) mass is 320 g/mol. The summed E-state index contributed by atoms with van der Waals surface area (Å²) in [6.45, 7) is 1.45. The Kier molecular flexibility index (Phi) is 4.06. The van der Waals surface area contributed by atoms with Crippen LogP contribution in [0, 0.1) is 11.3 Å². The Labute approximate surface area is 131 Å². The third-order valence-corrected chi connectivity index (χ3v) is 6.95. The van der Waals surface area contributed by atoms with Crippen LogP contribution in [-0.2, 0) is 10.0 Å². The predicted octanol–water partition coefficient (Wildman–Crippen LogP) is 1.35. The lowest BCUT2D eigenvalue weighted by atomic mass is 10.0. The zero-order chi connectivity index (χ0) is 15.7. The highest BCUT2D eigenvalue weighted by Gasteiger charge is 2.41. The SMILES string of the molecule is CN(C1CCN(c2ncccc2C#N)CC1)S(=O)(=O)C1CC1. The van der Waals surface area contributed by atoms with E-state index in [4.69, 9.17) is 5.26 Å². The van der Waals surface area contributed by atoms with E-state index in [1.165, 1.54) is 0 Å². The summed E-state index contributed by atoms with van der Waals surface area (Å²) >= 11 is 0. The molecule has 2 heterocycles. The van der Waals surface area contributed by atoms with Crippen LogP contribution in [0.25, 0.3) is 0 Å². The molecule has 0 N–H and O–H groups in total. The lowest BCUT2D eigenvalue weighted by molar-refractivity contribution is 0.311. The standard InChI is InChI=1S/C15H20N4O2S/c1-18(22(20,21)14-4-5-14)13-6-9-19(10-7-13)15-12(11-16)3-2-8-17-15/h2-3,8,13-14H,4-7,9-10H2,1H3. The topological polar surface area (TPSA) is 77.3 Å². The summed E-state index contributed by atoms with van der Waals surface area (Å²) in [7, 11) is -1.41. The quantitative estimate of drug-likeness (QED) is 0.837. The molecule has 2 aliphatic rings. The molecule has 118 valence electrons. The molecule has 1 aromatic rings. The van der Waals surface area contributed by atoms with Gasteiger partial charge in [0.1, 0.15) is 11.9 Å². The molecule has 0 radical (unpaired) electrons. The van der Waals surface area contributed by atoms with E-state index >= 15 is 0 Å². The number of anilines is 1. The van der Waals surface area contributed by atoms with Crippen LogP contribution in [0.2, 0.25) is 0 Å². The van der Waals surface area contributed by atoms with Crippen LogP contribution < -0.4 is 4.90 Å². The Morgan fingerprint density at radius 3 is 2.59 bits per heavy atom. The first-order valence-corrected chi connectivity index (χ1v) is 9.11. The maximum Gasteiger partial charge on any atom is 0.216 e. The van der Waals surface area contributed by atoms with Gasteiger partial charge in [-0.1, -0.05) is 0 Å². The van der Waals surface area contributed by atoms with Gasteiger partial charge in [0.15, 0.2) is 0 Å². The first-order chi connectivity index (χ1) is 10.5. The summed E-state index contributed by atoms with van der Waals surface area (Å²) in [4.78, 5) is 6.38. The number of hydrogen-bond donors (Lipinski definition) is 0. The molecule has 1 saturated carbocycles. The fraction of sp³-hybridized carbons (Fsp3) is 0.600. The molecule has 2 fully saturated rings. The highest BCUT2D eigenvalue weighted by atomic mass is 32.2. The van der Waals surface area contributed by atoms with Crippen LogP contribution in [0.1, 0.15) is 31.2 Å². The maximum atomic E-state index is 12.3. The molecule has 0 bridgehead atoms. The number of nitriles is 1. The second kappa shape index (κ2) is 5.86. The van der Waals surface area contributed by atoms with E-state index < -0.39 is 10.0 Å². The smallest absolute Gasteiger partial charge is 0.216 e. The van der Waals surface area contributed by atoms with Gasteiger partial charge in [-0.2, -0.15) is 5.26 Å². The van der Waals surface area contributed by atoms with Gasteiger partial charge in [0.2, 0.25) is 10.0 Å². The van der Waals surface area contributed by atoms with Crippen LogP contribution in [0.3, 0.4) is 0 Å². The van der Waals surface area contributed by atoms with Gasteiger partial charge < -0.3 is 4.90 Å². The van der Waals surface area contributed by atoms with Crippen molar-refractivity contribution in [1.82, 2.24) is 9.29 Å². The lowest BCUT2D eigenvalue weighted by Crippen LogP contribution is -2.46. The number of piperidine rings is 1. The first-order valence-electron chi connectivity index (χ1n) is 7.61. The van der Waals surface area contributed by atoms with Gasteiger partial charge in [-0.3, -0.25) is 0 Å². The zero-order valence-electron chi connectivity index (χ0n) is 12.6. The Bertz CT molecular complexity index is 686. The number of aromatic nitrogens is 1. The van der Waals surface area contributed by atoms with Crippen LogP contribution in [0.4, 0.5) is 5.82 Å². The van der Waals surface area contributed by atoms with E-state index in [0.29, 0.717) is 11.4 Å². The first kappa shape index (κ1) is 15.3. The van der Waals surface area contributed by atoms with Gasteiger partial charge >= 0.3 is 0 Å². The molecular formula is C15H20N4O2S. The van der Waals surface area contributed by atoms with E-state index in [9.17, 15) is 8.42 Å². The largest absolute Gasteiger partial charge is 0.355 e. The summed E-state index contributed by atoms with van der Waals surface area (Å²) in [5.74, 6) is 0.705. The van der Waals surface area contributed by atoms with E-state index in [1.54, 1.807) is 29.7 Å². The minimum atomic E-state index is -3.11. The van der Waals surface area contributed by atoms with Crippen LogP contribution in [0.15, 0.2) is 18.3 Å². The highest BCUT2D eigenvalue weighted by molar-refractivity contribution is 7.90. The number of pyridine rings is 1. The molecule has 1 saturated heterocycles. The van der Waals surface area contributed by atoms with E-state index in [0.717, 1.165) is 38.8 Å². The van der Waals surface area contributed by atoms with Gasteiger partial charge in [-0.25, -0.2) is 17.7 Å². The van der Waals surface area contributed by atoms with Crippen LogP contribution in [0.5, 0.6) is 0 Å². The molecule has 3 rings (SSSR count). The van der Waals surface area contributed by atoms with Crippen molar-refractivity contribution in [2.24, 2.45) is 0 Å². The summed E-state index contributed by atoms with van der Waals surface area (Å²) in [5.41, 5.74) is 0.569. The minimum absolute atomic E-state index is 0.0519. The molecule has 1 aliphatic carbocycles. The minimum Gasteiger partial charge on any atom is -0.355 e. The average molecular weight is 320 g/mol. The molecule has 0 unspecified atom stereocenters. The molecule has 1 aliphatic heterocycles. The summed E-state index contributed by atoms with van der Waals surface area (Å²) in [5, 5.41) is 9.00. The van der Waals surface area contributed by atoms with Crippen molar-refractivity contribution in [3.05, 3.63) is 23.9 Å². The molecule has 22 heavy (non-hydrogen) atoms. The Hall–Kier alpha value is -1.65. The van der Waals surface area contributed by atoms with Crippen molar-refractivity contribution in [3.8, 4) is 6.07 Å². The lowest BCUT2D eigenvalue weighted by Gasteiger charge is -2.37. The van der Waals surface area contributed by atoms with Gasteiger partial charge in [-0.05, 0) is 37.8 Å². The molecule has 0 spiro atoms. The number of sulfonamides is 1. The normalized spacial score (nSPS) is 20.1. The van der Waals surface area contributed by atoms with Crippen molar-refractivity contribution in [2.45, 2.75) is 37.0 Å². The van der Waals surface area contributed by atoms with Gasteiger partial charge in [-0.15, -0.1) is 0 Å². The summed E-state index contributed by atoms with van der Waals surface area (Å²) in [6, 6.07) is 5.73. The Balaban J connectivity index is 1.67. The fourth-order valence-corrected chi connectivity index (χ4v) is 4.81. The van der Waals surface area contributed by atoms with E-state index in [2.05, 4.69) is 16.0 Å². The molecule has 0 aromatic carbocycles.